The molecule has 0 aliphatic carbocycles. The Hall–Kier alpha value is -0.160. The second kappa shape index (κ2) is 6.85. The van der Waals surface area contributed by atoms with Gasteiger partial charge in [0.25, 0.3) is 0 Å². The molecule has 2 unspecified atom stereocenters. The van der Waals surface area contributed by atoms with Crippen LogP contribution in [0.3, 0.4) is 0 Å². The number of nitrogens with one attached hydrogen (secondary N) is 1. The fourth-order valence-corrected chi connectivity index (χ4v) is 2.55. The number of hydrogen-bond acceptors (Lipinski definition) is 4. The topological polar surface area (TPSA) is 27.7 Å². The van der Waals surface area contributed by atoms with Gasteiger partial charge in [0.05, 0.1) is 5.60 Å². The monoisotopic (exact) mass is 257 g/mol. The zero-order valence-electron chi connectivity index (χ0n) is 13.0. The van der Waals surface area contributed by atoms with E-state index in [9.17, 15) is 0 Å². The van der Waals surface area contributed by atoms with Gasteiger partial charge in [-0.15, -0.1) is 0 Å². The van der Waals surface area contributed by atoms with Crippen molar-refractivity contribution in [2.24, 2.45) is 0 Å². The van der Waals surface area contributed by atoms with E-state index in [-0.39, 0.29) is 5.60 Å². The molecule has 0 radical (unpaired) electrons. The van der Waals surface area contributed by atoms with Crippen LogP contribution in [0.1, 0.15) is 27.2 Å². The van der Waals surface area contributed by atoms with Crippen LogP contribution in [0.15, 0.2) is 0 Å². The Morgan fingerprint density at radius 1 is 1.33 bits per heavy atom. The van der Waals surface area contributed by atoms with Gasteiger partial charge in [-0.1, -0.05) is 0 Å². The van der Waals surface area contributed by atoms with Gasteiger partial charge in [0.2, 0.25) is 0 Å². The molecule has 1 fully saturated rings. The van der Waals surface area contributed by atoms with Crippen molar-refractivity contribution in [3.05, 3.63) is 0 Å². The van der Waals surface area contributed by atoms with Crippen LogP contribution in [-0.4, -0.2) is 74.9 Å². The Balaban J connectivity index is 2.31. The molecule has 0 aromatic carbocycles. The SMILES string of the molecule is COC(C)(C)CC(C)NCC1CN(C)CCN1C. The van der Waals surface area contributed by atoms with Crippen molar-refractivity contribution in [1.29, 1.82) is 0 Å². The van der Waals surface area contributed by atoms with Gasteiger partial charge in [0.15, 0.2) is 0 Å². The van der Waals surface area contributed by atoms with Crippen LogP contribution in [0, 0.1) is 0 Å². The van der Waals surface area contributed by atoms with E-state index >= 15 is 0 Å². The summed E-state index contributed by atoms with van der Waals surface area (Å²) in [7, 11) is 6.22. The van der Waals surface area contributed by atoms with Crippen LogP contribution >= 0.6 is 0 Å². The summed E-state index contributed by atoms with van der Waals surface area (Å²) in [6.45, 7) is 11.1. The summed E-state index contributed by atoms with van der Waals surface area (Å²) in [6, 6.07) is 1.11. The molecule has 1 heterocycles. The number of likely N-dealkylation sites (N-methyl/N-ethyl adjacent to an activating group) is 2. The molecule has 1 N–H and O–H groups in total. The summed E-state index contributed by atoms with van der Waals surface area (Å²) in [4.78, 5) is 4.87. The second-order valence-corrected chi connectivity index (χ2v) is 6.37. The summed E-state index contributed by atoms with van der Waals surface area (Å²) in [5.74, 6) is 0. The standard InChI is InChI=1S/C14H31N3O/c1-12(9-14(2,3)18-6)15-10-13-11-16(4)7-8-17(13)5/h12-13,15H,7-11H2,1-6H3. The molecule has 1 saturated heterocycles. The zero-order valence-corrected chi connectivity index (χ0v) is 13.0. The molecule has 2 atom stereocenters. The van der Waals surface area contributed by atoms with Gasteiger partial charge in [-0.05, 0) is 41.3 Å². The van der Waals surface area contributed by atoms with E-state index in [1.807, 2.05) is 0 Å². The fraction of sp³-hybridized carbons (Fsp3) is 1.00. The van der Waals surface area contributed by atoms with Gasteiger partial charge >= 0.3 is 0 Å². The zero-order chi connectivity index (χ0) is 13.8. The van der Waals surface area contributed by atoms with Gasteiger partial charge < -0.3 is 15.0 Å². The summed E-state index contributed by atoms with van der Waals surface area (Å²) >= 11 is 0. The summed E-state index contributed by atoms with van der Waals surface area (Å²) in [5.41, 5.74) is -0.0400. The molecule has 0 bridgehead atoms. The molecule has 1 aliphatic rings. The maximum Gasteiger partial charge on any atom is 0.0637 e. The Morgan fingerprint density at radius 2 is 2.00 bits per heavy atom. The molecule has 0 saturated carbocycles. The average Bonchev–Trinajstić information content (AvgIpc) is 2.30. The highest BCUT2D eigenvalue weighted by molar-refractivity contribution is 4.82. The molecule has 0 aromatic heterocycles. The predicted molar refractivity (Wildman–Crippen MR) is 77.1 cm³/mol. The Labute approximate surface area is 113 Å². The van der Waals surface area contributed by atoms with Crippen molar-refractivity contribution in [3.63, 3.8) is 0 Å². The van der Waals surface area contributed by atoms with E-state index in [0.29, 0.717) is 12.1 Å². The average molecular weight is 257 g/mol. The molecule has 0 aromatic rings. The van der Waals surface area contributed by atoms with Crippen LogP contribution in [0.25, 0.3) is 0 Å². The first-order chi connectivity index (χ1) is 8.34. The van der Waals surface area contributed by atoms with Crippen molar-refractivity contribution in [2.45, 2.75) is 44.9 Å². The van der Waals surface area contributed by atoms with Crippen LogP contribution in [-0.2, 0) is 4.74 Å². The van der Waals surface area contributed by atoms with Crippen molar-refractivity contribution >= 4 is 0 Å². The molecule has 0 spiro atoms. The van der Waals surface area contributed by atoms with E-state index < -0.39 is 0 Å². The minimum Gasteiger partial charge on any atom is -0.379 e. The number of rotatable bonds is 6. The van der Waals surface area contributed by atoms with Crippen LogP contribution in [0.2, 0.25) is 0 Å². The maximum atomic E-state index is 5.48. The minimum atomic E-state index is -0.0400. The normalized spacial score (nSPS) is 25.3. The maximum absolute atomic E-state index is 5.48. The van der Waals surface area contributed by atoms with Crippen molar-refractivity contribution < 1.29 is 4.74 Å². The third-order valence-corrected chi connectivity index (χ3v) is 4.03. The predicted octanol–water partition coefficient (Wildman–Crippen LogP) is 1.03. The van der Waals surface area contributed by atoms with E-state index in [0.717, 1.165) is 19.5 Å². The van der Waals surface area contributed by atoms with Crippen LogP contribution in [0.5, 0.6) is 0 Å². The molecule has 4 heteroatoms. The lowest BCUT2D eigenvalue weighted by Crippen LogP contribution is -2.54. The van der Waals surface area contributed by atoms with Crippen molar-refractivity contribution in [2.75, 3.05) is 47.4 Å². The lowest BCUT2D eigenvalue weighted by atomic mass is 9.99. The lowest BCUT2D eigenvalue weighted by Gasteiger charge is -2.38. The summed E-state index contributed by atoms with van der Waals surface area (Å²) in [5, 5.41) is 3.65. The number of hydrogen-bond donors (Lipinski definition) is 1. The van der Waals surface area contributed by atoms with Crippen LogP contribution in [0.4, 0.5) is 0 Å². The molecule has 108 valence electrons. The highest BCUT2D eigenvalue weighted by Crippen LogP contribution is 2.15. The Morgan fingerprint density at radius 3 is 2.61 bits per heavy atom. The molecule has 0 amide bonds. The first-order valence-electron chi connectivity index (χ1n) is 7.01. The number of methoxy groups -OCH3 is 1. The minimum absolute atomic E-state index is 0.0400. The highest BCUT2D eigenvalue weighted by Gasteiger charge is 2.24. The Kier molecular flexibility index (Phi) is 6.05. The molecule has 1 aliphatic heterocycles. The van der Waals surface area contributed by atoms with Crippen molar-refractivity contribution in [3.8, 4) is 0 Å². The molecular weight excluding hydrogens is 226 g/mol. The van der Waals surface area contributed by atoms with Gasteiger partial charge in [0.1, 0.15) is 0 Å². The third kappa shape index (κ3) is 5.22. The largest absolute Gasteiger partial charge is 0.379 e. The summed E-state index contributed by atoms with van der Waals surface area (Å²) in [6.07, 6.45) is 1.04. The molecular formula is C14H31N3O. The number of nitrogens with zero attached hydrogens (tertiary/aromatic N) is 2. The highest BCUT2D eigenvalue weighted by atomic mass is 16.5. The number of piperazine rings is 1. The van der Waals surface area contributed by atoms with E-state index in [1.165, 1.54) is 13.1 Å². The fourth-order valence-electron chi connectivity index (χ4n) is 2.55. The van der Waals surface area contributed by atoms with E-state index in [2.05, 4.69) is 50.0 Å². The first-order valence-corrected chi connectivity index (χ1v) is 7.01. The Bertz CT molecular complexity index is 245. The summed E-state index contributed by atoms with van der Waals surface area (Å²) < 4.78 is 5.48. The lowest BCUT2D eigenvalue weighted by molar-refractivity contribution is 0.00755. The molecule has 18 heavy (non-hydrogen) atoms. The smallest absolute Gasteiger partial charge is 0.0637 e. The number of ether oxygens (including phenoxy) is 1. The van der Waals surface area contributed by atoms with Gasteiger partial charge in [0, 0.05) is 45.4 Å². The molecule has 1 rings (SSSR count). The third-order valence-electron chi connectivity index (χ3n) is 4.03. The second-order valence-electron chi connectivity index (χ2n) is 6.37. The van der Waals surface area contributed by atoms with E-state index in [1.54, 1.807) is 7.11 Å². The first kappa shape index (κ1) is 15.9. The quantitative estimate of drug-likeness (QED) is 0.769. The molecule has 4 nitrogen and oxygen atoms in total. The van der Waals surface area contributed by atoms with E-state index in [4.69, 9.17) is 4.74 Å². The van der Waals surface area contributed by atoms with Gasteiger partial charge in [-0.2, -0.15) is 0 Å². The van der Waals surface area contributed by atoms with Crippen molar-refractivity contribution in [1.82, 2.24) is 15.1 Å². The van der Waals surface area contributed by atoms with Gasteiger partial charge in [-0.3, -0.25) is 4.90 Å². The van der Waals surface area contributed by atoms with Crippen LogP contribution < -0.4 is 5.32 Å². The van der Waals surface area contributed by atoms with Gasteiger partial charge in [-0.25, -0.2) is 0 Å².